The number of thioether (sulfide) groups is 1. The molecule has 166 valence electrons. The van der Waals surface area contributed by atoms with Gasteiger partial charge in [0.25, 0.3) is 0 Å². The zero-order chi connectivity index (χ0) is 22.8. The molecule has 0 amide bonds. The number of rotatable bonds is 9. The van der Waals surface area contributed by atoms with Gasteiger partial charge in [0, 0.05) is 24.9 Å². The molecule has 1 aromatic heterocycles. The van der Waals surface area contributed by atoms with Crippen LogP contribution in [0.4, 0.5) is 0 Å². The minimum atomic E-state index is -3.56. The van der Waals surface area contributed by atoms with Crippen molar-refractivity contribution in [2.75, 3.05) is 13.1 Å². The molecule has 1 heterocycles. The maximum Gasteiger partial charge on any atom is 0.335 e. The van der Waals surface area contributed by atoms with Crippen molar-refractivity contribution in [3.8, 4) is 0 Å². The highest BCUT2D eigenvalue weighted by Gasteiger charge is 2.23. The molecule has 0 bridgehead atoms. The summed E-state index contributed by atoms with van der Waals surface area (Å²) in [5, 5.41) is 9.96. The molecular formula is C22H27N3O4S2. The van der Waals surface area contributed by atoms with Crippen LogP contribution >= 0.6 is 11.8 Å². The van der Waals surface area contributed by atoms with E-state index in [2.05, 4.69) is 18.4 Å². The molecule has 0 atom stereocenters. The summed E-state index contributed by atoms with van der Waals surface area (Å²) in [6, 6.07) is 12.1. The summed E-state index contributed by atoms with van der Waals surface area (Å²) in [5.74, 6) is -0.398. The Balaban J connectivity index is 1.97. The van der Waals surface area contributed by atoms with Crippen LogP contribution in [0.2, 0.25) is 0 Å². The first-order valence-corrected chi connectivity index (χ1v) is 12.6. The molecule has 3 aromatic rings. The summed E-state index contributed by atoms with van der Waals surface area (Å²) in [6.45, 7) is 8.57. The first-order valence-electron chi connectivity index (χ1n) is 10.2. The van der Waals surface area contributed by atoms with Crippen LogP contribution < -0.4 is 0 Å². The average molecular weight is 462 g/mol. The fraction of sp³-hybridized carbons (Fsp3) is 0.364. The second kappa shape index (κ2) is 9.42. The highest BCUT2D eigenvalue weighted by Crippen LogP contribution is 2.31. The molecule has 7 nitrogen and oxygen atoms in total. The first kappa shape index (κ1) is 23.3. The largest absolute Gasteiger partial charge is 0.478 e. The van der Waals surface area contributed by atoms with E-state index in [-0.39, 0.29) is 16.5 Å². The highest BCUT2D eigenvalue weighted by atomic mass is 32.2. The molecule has 3 rings (SSSR count). The van der Waals surface area contributed by atoms with Gasteiger partial charge in [-0.15, -0.1) is 0 Å². The molecule has 2 aromatic carbocycles. The van der Waals surface area contributed by atoms with E-state index in [9.17, 15) is 18.3 Å². The van der Waals surface area contributed by atoms with Crippen molar-refractivity contribution in [3.05, 3.63) is 53.6 Å². The van der Waals surface area contributed by atoms with Crippen molar-refractivity contribution in [3.63, 3.8) is 0 Å². The number of aromatic nitrogens is 2. The molecular weight excluding hydrogens is 434 g/mol. The molecule has 0 saturated carbocycles. The summed E-state index contributed by atoms with van der Waals surface area (Å²) >= 11 is 1.50. The van der Waals surface area contributed by atoms with Gasteiger partial charge in [0.2, 0.25) is 10.0 Å². The number of carbonyl (C=O) groups is 1. The second-order valence-corrected chi connectivity index (χ2v) is 10.3. The summed E-state index contributed by atoms with van der Waals surface area (Å²) in [7, 11) is -3.56. The summed E-state index contributed by atoms with van der Waals surface area (Å²) in [5.41, 5.74) is 2.64. The maximum atomic E-state index is 12.9. The number of fused-ring (bicyclic) bond motifs is 1. The number of carboxylic acid groups (broad SMARTS) is 1. The van der Waals surface area contributed by atoms with Crippen LogP contribution in [0.1, 0.15) is 49.7 Å². The van der Waals surface area contributed by atoms with Crippen LogP contribution in [-0.4, -0.2) is 46.4 Å². The predicted octanol–water partition coefficient (Wildman–Crippen LogP) is 4.64. The quantitative estimate of drug-likeness (QED) is 0.467. The molecule has 31 heavy (non-hydrogen) atoms. The molecule has 0 aliphatic rings. The fourth-order valence-electron chi connectivity index (χ4n) is 3.47. The van der Waals surface area contributed by atoms with Gasteiger partial charge in [0.05, 0.1) is 21.5 Å². The third kappa shape index (κ3) is 4.78. The number of nitrogens with zero attached hydrogens (tertiary/aromatic N) is 3. The van der Waals surface area contributed by atoms with Crippen LogP contribution in [0.3, 0.4) is 0 Å². The van der Waals surface area contributed by atoms with Crippen molar-refractivity contribution in [1.82, 2.24) is 13.9 Å². The number of aromatic carboxylic acids is 1. The van der Waals surface area contributed by atoms with Gasteiger partial charge >= 0.3 is 5.97 Å². The van der Waals surface area contributed by atoms with Crippen molar-refractivity contribution >= 4 is 38.8 Å². The highest BCUT2D eigenvalue weighted by molar-refractivity contribution is 7.98. The molecule has 9 heteroatoms. The molecule has 0 aliphatic heterocycles. The van der Waals surface area contributed by atoms with E-state index in [1.807, 2.05) is 26.0 Å². The normalized spacial score (nSPS) is 12.2. The van der Waals surface area contributed by atoms with Gasteiger partial charge < -0.3 is 9.67 Å². The van der Waals surface area contributed by atoms with Gasteiger partial charge in [-0.25, -0.2) is 18.2 Å². The Bertz CT molecular complexity index is 1200. The number of carboxylic acids is 1. The first-order chi connectivity index (χ1) is 14.7. The topological polar surface area (TPSA) is 92.5 Å². The van der Waals surface area contributed by atoms with Crippen LogP contribution in [0.5, 0.6) is 0 Å². The van der Waals surface area contributed by atoms with E-state index in [0.29, 0.717) is 24.4 Å². The van der Waals surface area contributed by atoms with E-state index in [1.165, 1.54) is 16.1 Å². The van der Waals surface area contributed by atoms with Crippen molar-refractivity contribution < 1.29 is 18.3 Å². The van der Waals surface area contributed by atoms with E-state index in [0.717, 1.165) is 16.2 Å². The van der Waals surface area contributed by atoms with Gasteiger partial charge in [0.1, 0.15) is 0 Å². The predicted molar refractivity (Wildman–Crippen MR) is 123 cm³/mol. The molecule has 0 aliphatic carbocycles. The Morgan fingerprint density at radius 2 is 1.87 bits per heavy atom. The minimum absolute atomic E-state index is 0.128. The van der Waals surface area contributed by atoms with Crippen LogP contribution in [0.15, 0.2) is 52.5 Å². The van der Waals surface area contributed by atoms with Crippen LogP contribution in [0, 0.1) is 0 Å². The minimum Gasteiger partial charge on any atom is -0.478 e. The third-order valence-electron chi connectivity index (χ3n) is 5.03. The Kier molecular flexibility index (Phi) is 7.08. The van der Waals surface area contributed by atoms with E-state index in [1.54, 1.807) is 30.3 Å². The third-order valence-corrected chi connectivity index (χ3v) is 8.10. The van der Waals surface area contributed by atoms with Gasteiger partial charge in [-0.3, -0.25) is 0 Å². The van der Waals surface area contributed by atoms with Gasteiger partial charge in [0.15, 0.2) is 5.16 Å². The standard InChI is InChI=1S/C22H27N3O4S2/c1-5-24(6-2)31(28,29)18-10-11-20-19(13-18)23-22(25(20)15(3)4)30-14-16-8-7-9-17(12-16)21(26)27/h7-13,15H,5-6,14H2,1-4H3,(H,26,27). The number of sulfonamides is 1. The second-order valence-electron chi connectivity index (χ2n) is 7.39. The zero-order valence-corrected chi connectivity index (χ0v) is 19.7. The maximum absolute atomic E-state index is 12.9. The lowest BCUT2D eigenvalue weighted by Crippen LogP contribution is -2.30. The lowest BCUT2D eigenvalue weighted by molar-refractivity contribution is 0.0696. The lowest BCUT2D eigenvalue weighted by Gasteiger charge is -2.18. The Morgan fingerprint density at radius 3 is 2.48 bits per heavy atom. The zero-order valence-electron chi connectivity index (χ0n) is 18.1. The van der Waals surface area contributed by atoms with Crippen LogP contribution in [0.25, 0.3) is 11.0 Å². The summed E-state index contributed by atoms with van der Waals surface area (Å²) in [4.78, 5) is 16.2. The molecule has 0 spiro atoms. The van der Waals surface area contributed by atoms with Crippen molar-refractivity contribution in [1.29, 1.82) is 0 Å². The monoisotopic (exact) mass is 461 g/mol. The van der Waals surface area contributed by atoms with Crippen molar-refractivity contribution in [2.24, 2.45) is 0 Å². The number of benzene rings is 2. The molecule has 0 saturated heterocycles. The molecule has 0 radical (unpaired) electrons. The Morgan fingerprint density at radius 1 is 1.16 bits per heavy atom. The summed E-state index contributed by atoms with van der Waals surface area (Å²) < 4.78 is 29.3. The SMILES string of the molecule is CCN(CC)S(=O)(=O)c1ccc2c(c1)nc(SCc1cccc(C(=O)O)c1)n2C(C)C. The summed E-state index contributed by atoms with van der Waals surface area (Å²) in [6.07, 6.45) is 0. The molecule has 1 N–H and O–H groups in total. The smallest absolute Gasteiger partial charge is 0.335 e. The van der Waals surface area contributed by atoms with Gasteiger partial charge in [-0.1, -0.05) is 37.7 Å². The van der Waals surface area contributed by atoms with Gasteiger partial charge in [-0.2, -0.15) is 4.31 Å². The number of imidazole rings is 1. The fourth-order valence-corrected chi connectivity index (χ4v) is 6.04. The number of hydrogen-bond donors (Lipinski definition) is 1. The van der Waals surface area contributed by atoms with E-state index in [4.69, 9.17) is 4.98 Å². The van der Waals surface area contributed by atoms with E-state index >= 15 is 0 Å². The molecule has 0 unspecified atom stereocenters. The van der Waals surface area contributed by atoms with Crippen LogP contribution in [-0.2, 0) is 15.8 Å². The van der Waals surface area contributed by atoms with Gasteiger partial charge in [-0.05, 0) is 49.7 Å². The van der Waals surface area contributed by atoms with E-state index < -0.39 is 16.0 Å². The number of hydrogen-bond acceptors (Lipinski definition) is 5. The Hall–Kier alpha value is -2.36. The Labute approximate surface area is 187 Å². The van der Waals surface area contributed by atoms with Crippen molar-refractivity contribution in [2.45, 2.75) is 49.5 Å². The average Bonchev–Trinajstić information content (AvgIpc) is 3.11. The lowest BCUT2D eigenvalue weighted by atomic mass is 10.1. The molecule has 0 fully saturated rings.